The molecule has 12 nitrogen and oxygen atoms in total. The van der Waals surface area contributed by atoms with Crippen LogP contribution < -0.4 is 27.4 Å². The molecule has 2 aromatic rings. The van der Waals surface area contributed by atoms with E-state index >= 15 is 0 Å². The first kappa shape index (κ1) is 38.0. The van der Waals surface area contributed by atoms with Gasteiger partial charge in [0.15, 0.2) is 0 Å². The zero-order valence-electron chi connectivity index (χ0n) is 28.9. The Morgan fingerprint density at radius 2 is 1.35 bits per heavy atom. The number of hydrogen-bond donors (Lipinski definition) is 6. The Balaban J connectivity index is 1.46. The van der Waals surface area contributed by atoms with Crippen LogP contribution in [-0.2, 0) is 32.0 Å². The Labute approximate surface area is 290 Å². The van der Waals surface area contributed by atoms with Crippen LogP contribution in [0.4, 0.5) is 0 Å². The van der Waals surface area contributed by atoms with Gasteiger partial charge in [0.2, 0.25) is 23.6 Å². The Bertz CT molecular complexity index is 1350. The average Bonchev–Trinajstić information content (AvgIpc) is 3.09. The Kier molecular flexibility index (Phi) is 14.6. The molecule has 3 saturated heterocycles. The smallest absolute Gasteiger partial charge is 0.245 e. The molecule has 12 heteroatoms. The third kappa shape index (κ3) is 11.1. The second kappa shape index (κ2) is 18.8. The highest BCUT2D eigenvalue weighted by molar-refractivity contribution is 5.95. The van der Waals surface area contributed by atoms with Crippen molar-refractivity contribution >= 4 is 23.6 Å². The van der Waals surface area contributed by atoms with Crippen molar-refractivity contribution in [1.82, 2.24) is 25.8 Å². The molecular formula is C37H55N7O5. The third-order valence-corrected chi connectivity index (χ3v) is 9.47. The summed E-state index contributed by atoms with van der Waals surface area (Å²) < 4.78 is 0. The monoisotopic (exact) mass is 677 g/mol. The van der Waals surface area contributed by atoms with Crippen molar-refractivity contribution in [3.05, 3.63) is 71.8 Å². The van der Waals surface area contributed by atoms with Crippen molar-refractivity contribution in [2.75, 3.05) is 32.8 Å². The van der Waals surface area contributed by atoms with Crippen LogP contribution in [0, 0.1) is 5.92 Å². The predicted molar refractivity (Wildman–Crippen MR) is 189 cm³/mol. The highest BCUT2D eigenvalue weighted by atomic mass is 16.3. The van der Waals surface area contributed by atoms with Crippen LogP contribution in [0.25, 0.3) is 0 Å². The minimum Gasteiger partial charge on any atom is -0.395 e. The van der Waals surface area contributed by atoms with E-state index in [9.17, 15) is 24.3 Å². The number of aliphatic hydroxyl groups excluding tert-OH is 1. The van der Waals surface area contributed by atoms with Gasteiger partial charge in [0.25, 0.3) is 0 Å². The van der Waals surface area contributed by atoms with Crippen LogP contribution in [0.3, 0.4) is 0 Å². The lowest BCUT2D eigenvalue weighted by Gasteiger charge is -2.56. The van der Waals surface area contributed by atoms with Crippen LogP contribution in [0.5, 0.6) is 0 Å². The maximum absolute atomic E-state index is 13.9. The standard InChI is InChI=1S/C37H55N7O5/c1-25(2)19-32(35(47)40-31(15-9-10-16-38)37(49)43-23-28-22-29(24-43)44(28)17-18-45)42-36(48)33(21-27-13-7-4-8-14-27)41-34(46)30(39)20-26-11-5-3-6-12-26/h3-8,11-14,25,28-33,45H,9-10,15-24,38-39H2,1-2H3,(H,40,47)(H,41,46)(H,42,48). The molecule has 0 aliphatic carbocycles. The van der Waals surface area contributed by atoms with E-state index in [2.05, 4.69) is 20.9 Å². The number of unbranched alkanes of at least 4 members (excludes halogenated alkanes) is 1. The van der Waals surface area contributed by atoms with Crippen molar-refractivity contribution in [1.29, 1.82) is 0 Å². The summed E-state index contributed by atoms with van der Waals surface area (Å²) in [6.07, 6.45) is 3.66. The van der Waals surface area contributed by atoms with Crippen molar-refractivity contribution in [2.24, 2.45) is 17.4 Å². The van der Waals surface area contributed by atoms with E-state index in [1.54, 1.807) is 0 Å². The van der Waals surface area contributed by atoms with Crippen LogP contribution in [0.15, 0.2) is 60.7 Å². The van der Waals surface area contributed by atoms with Gasteiger partial charge in [-0.1, -0.05) is 74.5 Å². The Morgan fingerprint density at radius 3 is 1.92 bits per heavy atom. The molecule has 268 valence electrons. The molecule has 49 heavy (non-hydrogen) atoms. The maximum Gasteiger partial charge on any atom is 0.245 e. The van der Waals surface area contributed by atoms with E-state index < -0.39 is 41.9 Å². The first-order valence-electron chi connectivity index (χ1n) is 17.7. The lowest BCUT2D eigenvalue weighted by molar-refractivity contribution is -0.148. The highest BCUT2D eigenvalue weighted by Gasteiger charge is 2.46. The molecule has 0 aromatic heterocycles. The van der Waals surface area contributed by atoms with E-state index in [1.807, 2.05) is 79.4 Å². The number of carbonyl (C=O) groups excluding carboxylic acids is 4. The summed E-state index contributed by atoms with van der Waals surface area (Å²) in [5.74, 6) is -1.50. The lowest BCUT2D eigenvalue weighted by atomic mass is 9.87. The number of piperazine rings is 1. The summed E-state index contributed by atoms with van der Waals surface area (Å²) in [5, 5.41) is 18.1. The molecule has 0 spiro atoms. The van der Waals surface area contributed by atoms with Crippen molar-refractivity contribution in [3.63, 3.8) is 0 Å². The van der Waals surface area contributed by atoms with Gasteiger partial charge in [-0.3, -0.25) is 24.1 Å². The molecule has 3 fully saturated rings. The molecular weight excluding hydrogens is 622 g/mol. The number of amides is 4. The molecule has 2 aromatic carbocycles. The number of aliphatic hydroxyl groups is 1. The van der Waals surface area contributed by atoms with Gasteiger partial charge in [0, 0.05) is 38.1 Å². The number of benzene rings is 2. The van der Waals surface area contributed by atoms with Crippen molar-refractivity contribution < 1.29 is 24.3 Å². The van der Waals surface area contributed by atoms with Crippen LogP contribution in [-0.4, -0.2) is 108 Å². The SMILES string of the molecule is CC(C)CC(NC(=O)C(Cc1ccccc1)NC(=O)C(N)Cc1ccccc1)C(=O)NC(CCCCN)C(=O)N1CC2CC(C1)N2CCO. The van der Waals surface area contributed by atoms with E-state index in [1.165, 1.54) is 0 Å². The summed E-state index contributed by atoms with van der Waals surface area (Å²) in [7, 11) is 0. The third-order valence-electron chi connectivity index (χ3n) is 9.47. The first-order chi connectivity index (χ1) is 23.6. The largest absolute Gasteiger partial charge is 0.395 e. The first-order valence-corrected chi connectivity index (χ1v) is 17.7. The fourth-order valence-corrected chi connectivity index (χ4v) is 6.86. The maximum atomic E-state index is 13.9. The number of piperidine rings is 1. The number of fused-ring (bicyclic) bond motifs is 2. The number of rotatable bonds is 19. The molecule has 6 unspecified atom stereocenters. The van der Waals surface area contributed by atoms with Crippen LogP contribution >= 0.6 is 0 Å². The zero-order chi connectivity index (χ0) is 35.3. The molecule has 3 aliphatic heterocycles. The normalized spacial score (nSPS) is 19.7. The highest BCUT2D eigenvalue weighted by Crippen LogP contribution is 2.32. The van der Waals surface area contributed by atoms with Gasteiger partial charge < -0.3 is 37.4 Å². The molecule has 2 bridgehead atoms. The Morgan fingerprint density at radius 1 is 0.796 bits per heavy atom. The minimum atomic E-state index is -0.983. The summed E-state index contributed by atoms with van der Waals surface area (Å²) in [6.45, 7) is 6.18. The average molecular weight is 678 g/mol. The molecule has 3 aliphatic rings. The topological polar surface area (TPSA) is 183 Å². The molecule has 4 amide bonds. The van der Waals surface area contributed by atoms with Gasteiger partial charge in [-0.05, 0) is 62.1 Å². The van der Waals surface area contributed by atoms with Crippen molar-refractivity contribution in [3.8, 4) is 0 Å². The summed E-state index contributed by atoms with van der Waals surface area (Å²) in [5.41, 5.74) is 13.8. The second-order valence-corrected chi connectivity index (χ2v) is 13.8. The van der Waals surface area contributed by atoms with Crippen LogP contribution in [0.1, 0.15) is 57.1 Å². The number of nitrogens with one attached hydrogen (secondary N) is 3. The predicted octanol–water partition coefficient (Wildman–Crippen LogP) is 0.706. The molecule has 5 rings (SSSR count). The lowest BCUT2D eigenvalue weighted by Crippen LogP contribution is -2.71. The minimum absolute atomic E-state index is 0.0515. The Hall–Kier alpha value is -3.84. The zero-order valence-corrected chi connectivity index (χ0v) is 28.9. The summed E-state index contributed by atoms with van der Waals surface area (Å²) >= 11 is 0. The van der Waals surface area contributed by atoms with Gasteiger partial charge in [0.05, 0.1) is 12.6 Å². The molecule has 8 N–H and O–H groups in total. The van der Waals surface area contributed by atoms with E-state index in [-0.39, 0.29) is 36.9 Å². The second-order valence-electron chi connectivity index (χ2n) is 13.8. The van der Waals surface area contributed by atoms with Gasteiger partial charge in [0.1, 0.15) is 18.1 Å². The van der Waals surface area contributed by atoms with E-state index in [0.717, 1.165) is 17.5 Å². The number of hydrogen-bond acceptors (Lipinski definition) is 8. The number of nitrogens with two attached hydrogens (primary N) is 2. The number of carbonyl (C=O) groups is 4. The fraction of sp³-hybridized carbons (Fsp3) is 0.568. The van der Waals surface area contributed by atoms with Gasteiger partial charge in [-0.15, -0.1) is 0 Å². The molecule has 0 radical (unpaired) electrons. The number of nitrogens with zero attached hydrogens (tertiary/aromatic N) is 2. The quantitative estimate of drug-likeness (QED) is 0.118. The van der Waals surface area contributed by atoms with Gasteiger partial charge in [-0.2, -0.15) is 0 Å². The van der Waals surface area contributed by atoms with Crippen LogP contribution in [0.2, 0.25) is 0 Å². The molecule has 3 heterocycles. The summed E-state index contributed by atoms with van der Waals surface area (Å²) in [6, 6.07) is 15.6. The summed E-state index contributed by atoms with van der Waals surface area (Å²) in [4.78, 5) is 59.0. The van der Waals surface area contributed by atoms with Gasteiger partial charge >= 0.3 is 0 Å². The van der Waals surface area contributed by atoms with Crippen molar-refractivity contribution in [2.45, 2.75) is 95.0 Å². The molecule has 0 saturated carbocycles. The fourth-order valence-electron chi connectivity index (χ4n) is 6.86. The van der Waals surface area contributed by atoms with E-state index in [4.69, 9.17) is 11.5 Å². The van der Waals surface area contributed by atoms with E-state index in [0.29, 0.717) is 58.3 Å². The van der Waals surface area contributed by atoms with Gasteiger partial charge in [-0.25, -0.2) is 0 Å². The molecule has 6 atom stereocenters.